The molecule has 0 bridgehead atoms. The molecule has 0 unspecified atom stereocenters. The summed E-state index contributed by atoms with van der Waals surface area (Å²) in [6, 6.07) is 10.7. The fourth-order valence-corrected chi connectivity index (χ4v) is 4.18. The summed E-state index contributed by atoms with van der Waals surface area (Å²) in [6.07, 6.45) is 2.55. The summed E-state index contributed by atoms with van der Waals surface area (Å²) in [5.41, 5.74) is 5.10. The lowest BCUT2D eigenvalue weighted by Crippen LogP contribution is -2.36. The number of rotatable bonds is 8. The molecule has 34 heavy (non-hydrogen) atoms. The smallest absolute Gasteiger partial charge is 0.310 e. The summed E-state index contributed by atoms with van der Waals surface area (Å²) < 4.78 is 10.6. The van der Waals surface area contributed by atoms with Gasteiger partial charge in [0.25, 0.3) is 0 Å². The highest BCUT2D eigenvalue weighted by Gasteiger charge is 2.38. The summed E-state index contributed by atoms with van der Waals surface area (Å²) in [5.74, 6) is -3.06. The SMILES string of the molecule is Cc1ccc(C(=O)COC(=O)[C@H]2CCCC[C@@H]2C(=O)OCC(=O)c2ccc(C)c(C)c2)cc1C. The van der Waals surface area contributed by atoms with Crippen LogP contribution in [0.25, 0.3) is 0 Å². The molecule has 2 atom stereocenters. The highest BCUT2D eigenvalue weighted by Crippen LogP contribution is 2.32. The van der Waals surface area contributed by atoms with Gasteiger partial charge in [-0.25, -0.2) is 0 Å². The minimum atomic E-state index is -0.675. The normalized spacial score (nSPS) is 17.6. The van der Waals surface area contributed by atoms with Gasteiger partial charge in [-0.15, -0.1) is 0 Å². The maximum Gasteiger partial charge on any atom is 0.310 e. The molecule has 0 N–H and O–H groups in total. The van der Waals surface area contributed by atoms with Crippen molar-refractivity contribution in [3.63, 3.8) is 0 Å². The highest BCUT2D eigenvalue weighted by atomic mass is 16.5. The van der Waals surface area contributed by atoms with Crippen molar-refractivity contribution in [3.05, 3.63) is 69.8 Å². The summed E-state index contributed by atoms with van der Waals surface area (Å²) in [7, 11) is 0. The maximum atomic E-state index is 12.7. The number of Topliss-reactive ketones (excluding diaryl/α,β-unsaturated/α-hetero) is 2. The minimum Gasteiger partial charge on any atom is -0.457 e. The first-order valence-electron chi connectivity index (χ1n) is 11.7. The Balaban J connectivity index is 1.56. The Morgan fingerprint density at radius 2 is 1.03 bits per heavy atom. The van der Waals surface area contributed by atoms with Crippen LogP contribution in [-0.2, 0) is 19.1 Å². The molecule has 1 aliphatic rings. The predicted octanol–water partition coefficient (Wildman–Crippen LogP) is 4.88. The highest BCUT2D eigenvalue weighted by molar-refractivity contribution is 5.99. The Morgan fingerprint density at radius 3 is 1.38 bits per heavy atom. The van der Waals surface area contributed by atoms with Crippen molar-refractivity contribution in [1.29, 1.82) is 0 Å². The zero-order valence-electron chi connectivity index (χ0n) is 20.3. The molecule has 0 spiro atoms. The first-order valence-corrected chi connectivity index (χ1v) is 11.7. The van der Waals surface area contributed by atoms with Gasteiger partial charge in [-0.1, -0.05) is 37.1 Å². The van der Waals surface area contributed by atoms with E-state index >= 15 is 0 Å². The molecule has 1 saturated carbocycles. The average molecular weight is 465 g/mol. The van der Waals surface area contributed by atoms with Gasteiger partial charge in [-0.2, -0.15) is 0 Å². The monoisotopic (exact) mass is 464 g/mol. The molecule has 6 heteroatoms. The molecule has 6 nitrogen and oxygen atoms in total. The van der Waals surface area contributed by atoms with Crippen LogP contribution in [0.2, 0.25) is 0 Å². The Hall–Kier alpha value is -3.28. The van der Waals surface area contributed by atoms with E-state index in [1.165, 1.54) is 0 Å². The van der Waals surface area contributed by atoms with Gasteiger partial charge in [0, 0.05) is 11.1 Å². The van der Waals surface area contributed by atoms with Crippen molar-refractivity contribution in [2.75, 3.05) is 13.2 Å². The van der Waals surface area contributed by atoms with Crippen molar-refractivity contribution < 1.29 is 28.7 Å². The molecule has 1 fully saturated rings. The number of hydrogen-bond donors (Lipinski definition) is 0. The number of hydrogen-bond acceptors (Lipinski definition) is 6. The average Bonchev–Trinajstić information content (AvgIpc) is 2.83. The number of aryl methyl sites for hydroxylation is 4. The first-order chi connectivity index (χ1) is 16.2. The fraction of sp³-hybridized carbons (Fsp3) is 0.429. The Kier molecular flexibility index (Phi) is 8.37. The second-order valence-electron chi connectivity index (χ2n) is 9.16. The summed E-state index contributed by atoms with van der Waals surface area (Å²) >= 11 is 0. The lowest BCUT2D eigenvalue weighted by Gasteiger charge is -2.28. The van der Waals surface area contributed by atoms with Gasteiger partial charge in [-0.05, 0) is 74.9 Å². The topological polar surface area (TPSA) is 86.7 Å². The van der Waals surface area contributed by atoms with Gasteiger partial charge in [0.05, 0.1) is 11.8 Å². The van der Waals surface area contributed by atoms with E-state index in [9.17, 15) is 19.2 Å². The van der Waals surface area contributed by atoms with Gasteiger partial charge in [0.1, 0.15) is 0 Å². The van der Waals surface area contributed by atoms with Crippen LogP contribution in [0, 0.1) is 39.5 Å². The molecule has 180 valence electrons. The molecule has 0 aliphatic heterocycles. The zero-order valence-corrected chi connectivity index (χ0v) is 20.3. The van der Waals surface area contributed by atoms with E-state index in [-0.39, 0.29) is 24.8 Å². The van der Waals surface area contributed by atoms with Crippen LogP contribution >= 0.6 is 0 Å². The maximum absolute atomic E-state index is 12.7. The molecular weight excluding hydrogens is 432 g/mol. The number of esters is 2. The third kappa shape index (κ3) is 6.19. The van der Waals surface area contributed by atoms with Gasteiger partial charge in [-0.3, -0.25) is 19.2 Å². The fourth-order valence-electron chi connectivity index (χ4n) is 4.18. The van der Waals surface area contributed by atoms with Crippen LogP contribution in [0.1, 0.15) is 68.7 Å². The number of carbonyl (C=O) groups excluding carboxylic acids is 4. The molecule has 0 saturated heterocycles. The van der Waals surface area contributed by atoms with Crippen molar-refractivity contribution in [2.45, 2.75) is 53.4 Å². The third-order valence-electron chi connectivity index (χ3n) is 6.72. The van der Waals surface area contributed by atoms with Gasteiger partial charge >= 0.3 is 11.9 Å². The van der Waals surface area contributed by atoms with Crippen LogP contribution < -0.4 is 0 Å². The first kappa shape index (κ1) is 25.3. The quantitative estimate of drug-likeness (QED) is 0.409. The van der Waals surface area contributed by atoms with E-state index in [4.69, 9.17) is 9.47 Å². The summed E-state index contributed by atoms with van der Waals surface area (Å²) in [4.78, 5) is 50.4. The van der Waals surface area contributed by atoms with Crippen LogP contribution in [-0.4, -0.2) is 36.7 Å². The van der Waals surface area contributed by atoms with Crippen LogP contribution in [0.15, 0.2) is 36.4 Å². The minimum absolute atomic E-state index is 0.287. The van der Waals surface area contributed by atoms with Crippen LogP contribution in [0.5, 0.6) is 0 Å². The second-order valence-corrected chi connectivity index (χ2v) is 9.16. The van der Waals surface area contributed by atoms with Crippen molar-refractivity contribution >= 4 is 23.5 Å². The van der Waals surface area contributed by atoms with E-state index in [2.05, 4.69) is 0 Å². The Labute approximate surface area is 200 Å². The lowest BCUT2D eigenvalue weighted by atomic mass is 9.79. The number of ether oxygens (including phenoxy) is 2. The van der Waals surface area contributed by atoms with E-state index in [1.807, 2.05) is 39.8 Å². The molecule has 1 aliphatic carbocycles. The van der Waals surface area contributed by atoms with Crippen molar-refractivity contribution in [1.82, 2.24) is 0 Å². The standard InChI is InChI=1S/C28H32O6/c1-17-9-11-21(13-19(17)3)25(29)15-33-27(31)23-7-5-6-8-24(23)28(32)34-16-26(30)22-12-10-18(2)20(4)14-22/h9-14,23-24H,5-8,15-16H2,1-4H3/t23-,24-/m0/s1. The molecule has 2 aromatic carbocycles. The molecule has 0 radical (unpaired) electrons. The molecule has 0 amide bonds. The van der Waals surface area contributed by atoms with E-state index < -0.39 is 23.8 Å². The molecule has 0 heterocycles. The Morgan fingerprint density at radius 1 is 0.647 bits per heavy atom. The molecule has 3 rings (SSSR count). The molecule has 0 aromatic heterocycles. The number of benzene rings is 2. The summed E-state index contributed by atoms with van der Waals surface area (Å²) in [6.45, 7) is 7.01. The van der Waals surface area contributed by atoms with E-state index in [1.54, 1.807) is 24.3 Å². The van der Waals surface area contributed by atoms with E-state index in [0.717, 1.165) is 35.1 Å². The summed E-state index contributed by atoms with van der Waals surface area (Å²) in [5, 5.41) is 0. The molecular formula is C28H32O6. The van der Waals surface area contributed by atoms with Gasteiger partial charge < -0.3 is 9.47 Å². The number of ketones is 2. The van der Waals surface area contributed by atoms with E-state index in [0.29, 0.717) is 24.0 Å². The lowest BCUT2D eigenvalue weighted by molar-refractivity contribution is -0.161. The van der Waals surface area contributed by atoms with Gasteiger partial charge in [0.2, 0.25) is 0 Å². The number of carbonyl (C=O) groups is 4. The van der Waals surface area contributed by atoms with Gasteiger partial charge in [0.15, 0.2) is 24.8 Å². The van der Waals surface area contributed by atoms with Crippen LogP contribution in [0.3, 0.4) is 0 Å². The van der Waals surface area contributed by atoms with Crippen molar-refractivity contribution in [3.8, 4) is 0 Å². The second kappa shape index (κ2) is 11.2. The molecule has 2 aromatic rings. The zero-order chi connectivity index (χ0) is 24.8. The van der Waals surface area contributed by atoms with Crippen molar-refractivity contribution in [2.24, 2.45) is 11.8 Å². The largest absolute Gasteiger partial charge is 0.457 e. The predicted molar refractivity (Wildman–Crippen MR) is 128 cm³/mol. The third-order valence-corrected chi connectivity index (χ3v) is 6.72. The van der Waals surface area contributed by atoms with Crippen LogP contribution in [0.4, 0.5) is 0 Å². The Bertz CT molecular complexity index is 1010.